The average molecular weight is 373 g/mol. The fourth-order valence-corrected chi connectivity index (χ4v) is 4.03. The minimum Gasteiger partial charge on any atom is -0.351 e. The van der Waals surface area contributed by atoms with E-state index in [4.69, 9.17) is 5.73 Å². The quantitative estimate of drug-likeness (QED) is 0.881. The Balaban J connectivity index is 1.48. The van der Waals surface area contributed by atoms with Gasteiger partial charge in [0.25, 0.3) is 0 Å². The lowest BCUT2D eigenvalue weighted by Gasteiger charge is -2.38. The molecule has 2 aliphatic rings. The molecule has 0 aliphatic carbocycles. The van der Waals surface area contributed by atoms with Crippen molar-refractivity contribution in [3.63, 3.8) is 0 Å². The molecule has 148 valence electrons. The van der Waals surface area contributed by atoms with E-state index < -0.39 is 6.03 Å². The van der Waals surface area contributed by atoms with Gasteiger partial charge in [0.05, 0.1) is 5.92 Å². The first-order valence-electron chi connectivity index (χ1n) is 10.1. The van der Waals surface area contributed by atoms with Crippen molar-refractivity contribution >= 4 is 11.9 Å². The Morgan fingerprint density at radius 1 is 1.04 bits per heavy atom. The van der Waals surface area contributed by atoms with Crippen LogP contribution in [-0.2, 0) is 11.3 Å². The summed E-state index contributed by atoms with van der Waals surface area (Å²) in [6.45, 7) is 9.79. The van der Waals surface area contributed by atoms with Gasteiger partial charge in [-0.05, 0) is 29.9 Å². The van der Waals surface area contributed by atoms with Crippen LogP contribution in [0, 0.1) is 5.92 Å². The first-order valence-corrected chi connectivity index (χ1v) is 10.1. The number of primary amides is 1. The van der Waals surface area contributed by atoms with Crippen molar-refractivity contribution in [3.05, 3.63) is 35.4 Å². The molecular weight excluding hydrogens is 340 g/mol. The summed E-state index contributed by atoms with van der Waals surface area (Å²) in [4.78, 5) is 30.2. The van der Waals surface area contributed by atoms with E-state index in [1.54, 1.807) is 4.90 Å². The van der Waals surface area contributed by atoms with E-state index in [0.717, 1.165) is 45.6 Å². The number of urea groups is 1. The number of carbonyl (C=O) groups excluding carboxylic acids is 2. The molecule has 2 saturated heterocycles. The molecule has 2 N–H and O–H groups in total. The molecule has 1 aromatic carbocycles. The van der Waals surface area contributed by atoms with Crippen LogP contribution in [0.2, 0.25) is 0 Å². The predicted octanol–water partition coefficient (Wildman–Crippen LogP) is 2.24. The maximum atomic E-state index is 12.8. The van der Waals surface area contributed by atoms with Crippen LogP contribution in [0.1, 0.15) is 43.7 Å². The Labute approximate surface area is 162 Å². The molecule has 2 heterocycles. The number of amides is 3. The zero-order valence-electron chi connectivity index (χ0n) is 16.6. The highest BCUT2D eigenvalue weighted by Gasteiger charge is 2.32. The fraction of sp³-hybridized carbons (Fsp3) is 0.619. The number of piperidine rings is 1. The zero-order chi connectivity index (χ0) is 19.4. The van der Waals surface area contributed by atoms with Gasteiger partial charge in [0, 0.05) is 45.8 Å². The summed E-state index contributed by atoms with van der Waals surface area (Å²) in [5.74, 6) is 0.641. The third-order valence-corrected chi connectivity index (χ3v) is 5.82. The molecular formula is C21H32N4O2. The van der Waals surface area contributed by atoms with Crippen molar-refractivity contribution in [1.29, 1.82) is 0 Å². The molecule has 27 heavy (non-hydrogen) atoms. The summed E-state index contributed by atoms with van der Waals surface area (Å²) < 4.78 is 0. The van der Waals surface area contributed by atoms with Crippen molar-refractivity contribution < 1.29 is 9.59 Å². The second kappa shape index (κ2) is 8.74. The van der Waals surface area contributed by atoms with E-state index in [9.17, 15) is 9.59 Å². The Hall–Kier alpha value is -2.08. The zero-order valence-corrected chi connectivity index (χ0v) is 16.6. The number of nitrogens with two attached hydrogens (primary N) is 1. The topological polar surface area (TPSA) is 69.9 Å². The summed E-state index contributed by atoms with van der Waals surface area (Å²) >= 11 is 0. The molecule has 0 saturated carbocycles. The molecule has 0 bridgehead atoms. The molecule has 3 rings (SSSR count). The lowest BCUT2D eigenvalue weighted by atomic mass is 9.96. The van der Waals surface area contributed by atoms with Crippen LogP contribution in [0.15, 0.2) is 24.3 Å². The average Bonchev–Trinajstić information content (AvgIpc) is 2.68. The number of hydrogen-bond acceptors (Lipinski definition) is 3. The van der Waals surface area contributed by atoms with Crippen molar-refractivity contribution in [2.24, 2.45) is 11.7 Å². The molecule has 3 amide bonds. The van der Waals surface area contributed by atoms with Gasteiger partial charge < -0.3 is 15.5 Å². The van der Waals surface area contributed by atoms with Crippen molar-refractivity contribution in [2.45, 2.75) is 39.2 Å². The molecule has 1 atom stereocenters. The van der Waals surface area contributed by atoms with E-state index >= 15 is 0 Å². The fourth-order valence-electron chi connectivity index (χ4n) is 4.03. The highest BCUT2D eigenvalue weighted by atomic mass is 16.2. The lowest BCUT2D eigenvalue weighted by molar-refractivity contribution is -0.138. The van der Waals surface area contributed by atoms with E-state index in [2.05, 4.69) is 43.0 Å². The minimum absolute atomic E-state index is 0.0959. The van der Waals surface area contributed by atoms with E-state index in [-0.39, 0.29) is 11.8 Å². The highest BCUT2D eigenvalue weighted by Crippen LogP contribution is 2.20. The Morgan fingerprint density at radius 3 is 2.30 bits per heavy atom. The van der Waals surface area contributed by atoms with Crippen LogP contribution < -0.4 is 5.73 Å². The molecule has 6 nitrogen and oxygen atoms in total. The van der Waals surface area contributed by atoms with Gasteiger partial charge in [0.1, 0.15) is 0 Å². The van der Waals surface area contributed by atoms with Gasteiger partial charge in [-0.2, -0.15) is 0 Å². The van der Waals surface area contributed by atoms with Gasteiger partial charge in [0.2, 0.25) is 5.91 Å². The Kier molecular flexibility index (Phi) is 6.37. The molecule has 6 heteroatoms. The Morgan fingerprint density at radius 2 is 1.70 bits per heavy atom. The molecule has 2 aliphatic heterocycles. The largest absolute Gasteiger partial charge is 0.351 e. The predicted molar refractivity (Wildman–Crippen MR) is 106 cm³/mol. The monoisotopic (exact) mass is 372 g/mol. The van der Waals surface area contributed by atoms with E-state index in [1.165, 1.54) is 11.1 Å². The smallest absolute Gasteiger partial charge is 0.314 e. The molecule has 0 unspecified atom stereocenters. The molecule has 0 aromatic heterocycles. The summed E-state index contributed by atoms with van der Waals surface area (Å²) in [6, 6.07) is 8.45. The SMILES string of the molecule is CC(C)c1ccc(CN2CCN(C(=O)[C@@H]3CCCN(C(N)=O)C3)CC2)cc1. The second-order valence-corrected chi connectivity index (χ2v) is 8.12. The van der Waals surface area contributed by atoms with Crippen LogP contribution >= 0.6 is 0 Å². The van der Waals surface area contributed by atoms with Gasteiger partial charge in [0.15, 0.2) is 0 Å². The van der Waals surface area contributed by atoms with E-state index in [0.29, 0.717) is 19.0 Å². The van der Waals surface area contributed by atoms with Gasteiger partial charge in [-0.3, -0.25) is 9.69 Å². The van der Waals surface area contributed by atoms with Crippen LogP contribution in [0.3, 0.4) is 0 Å². The Bertz CT molecular complexity index is 651. The van der Waals surface area contributed by atoms with Crippen LogP contribution in [-0.4, -0.2) is 65.9 Å². The second-order valence-electron chi connectivity index (χ2n) is 8.12. The summed E-state index contributed by atoms with van der Waals surface area (Å²) in [6.07, 6.45) is 1.71. The maximum absolute atomic E-state index is 12.8. The first kappa shape index (κ1) is 19.7. The van der Waals surface area contributed by atoms with Crippen molar-refractivity contribution in [2.75, 3.05) is 39.3 Å². The molecule has 0 spiro atoms. The number of piperazine rings is 1. The lowest BCUT2D eigenvalue weighted by Crippen LogP contribution is -2.53. The number of likely N-dealkylation sites (tertiary alicyclic amines) is 1. The van der Waals surface area contributed by atoms with E-state index in [1.807, 2.05) is 4.90 Å². The molecule has 2 fully saturated rings. The molecule has 1 aromatic rings. The first-order chi connectivity index (χ1) is 12.9. The highest BCUT2D eigenvalue weighted by molar-refractivity contribution is 5.80. The van der Waals surface area contributed by atoms with Crippen molar-refractivity contribution in [1.82, 2.24) is 14.7 Å². The summed E-state index contributed by atoms with van der Waals surface area (Å²) in [7, 11) is 0. The number of rotatable bonds is 4. The summed E-state index contributed by atoms with van der Waals surface area (Å²) in [5.41, 5.74) is 8.07. The normalized spacial score (nSPS) is 21.5. The van der Waals surface area contributed by atoms with Gasteiger partial charge in [-0.15, -0.1) is 0 Å². The number of nitrogens with zero attached hydrogens (tertiary/aromatic N) is 3. The van der Waals surface area contributed by atoms with Crippen LogP contribution in [0.25, 0.3) is 0 Å². The third kappa shape index (κ3) is 5.01. The van der Waals surface area contributed by atoms with Gasteiger partial charge >= 0.3 is 6.03 Å². The van der Waals surface area contributed by atoms with Crippen LogP contribution in [0.4, 0.5) is 4.79 Å². The number of carbonyl (C=O) groups is 2. The number of benzene rings is 1. The molecule has 0 radical (unpaired) electrons. The number of hydrogen-bond donors (Lipinski definition) is 1. The maximum Gasteiger partial charge on any atom is 0.314 e. The van der Waals surface area contributed by atoms with Crippen molar-refractivity contribution in [3.8, 4) is 0 Å². The van der Waals surface area contributed by atoms with Gasteiger partial charge in [-0.25, -0.2) is 4.79 Å². The van der Waals surface area contributed by atoms with Crippen LogP contribution in [0.5, 0.6) is 0 Å². The summed E-state index contributed by atoms with van der Waals surface area (Å²) in [5, 5.41) is 0. The van der Waals surface area contributed by atoms with Gasteiger partial charge in [-0.1, -0.05) is 38.1 Å². The minimum atomic E-state index is -0.416. The third-order valence-electron chi connectivity index (χ3n) is 5.82. The standard InChI is InChI=1S/C21H32N4O2/c1-16(2)18-7-5-17(6-8-18)14-23-10-12-24(13-11-23)20(26)19-4-3-9-25(15-19)21(22)27/h5-8,16,19H,3-4,9-15H2,1-2H3,(H2,22,27)/t19-/m1/s1.